The van der Waals surface area contributed by atoms with Crippen molar-refractivity contribution in [2.24, 2.45) is 0 Å². The van der Waals surface area contributed by atoms with Crippen molar-refractivity contribution in [2.75, 3.05) is 11.9 Å². The van der Waals surface area contributed by atoms with Gasteiger partial charge >= 0.3 is 0 Å². The molecule has 104 valence electrons. The molecule has 5 heteroatoms. The zero-order chi connectivity index (χ0) is 14.4. The van der Waals surface area contributed by atoms with Gasteiger partial charge in [0.15, 0.2) is 0 Å². The molecule has 2 aromatic carbocycles. The first-order valence-electron chi connectivity index (χ1n) is 6.15. The minimum Gasteiger partial charge on any atom is -0.375 e. The summed E-state index contributed by atoms with van der Waals surface area (Å²) in [5.41, 5.74) is 1.56. The lowest BCUT2D eigenvalue weighted by atomic mass is 10.2. The molecule has 2 aromatic rings. The maximum Gasteiger partial charge on any atom is 0.239 e. The van der Waals surface area contributed by atoms with E-state index in [0.717, 1.165) is 5.56 Å². The van der Waals surface area contributed by atoms with E-state index in [1.165, 1.54) is 18.2 Å². The Kier molecular flexibility index (Phi) is 4.96. The summed E-state index contributed by atoms with van der Waals surface area (Å²) in [5.74, 6) is -0.566. The van der Waals surface area contributed by atoms with Crippen molar-refractivity contribution in [1.82, 2.24) is 5.32 Å². The molecule has 3 nitrogen and oxygen atoms in total. The first-order valence-corrected chi connectivity index (χ1v) is 6.52. The summed E-state index contributed by atoms with van der Waals surface area (Å²) < 4.78 is 12.9. The third kappa shape index (κ3) is 4.24. The molecule has 0 unspecified atom stereocenters. The molecule has 0 aromatic heterocycles. The highest BCUT2D eigenvalue weighted by atomic mass is 35.5. The zero-order valence-corrected chi connectivity index (χ0v) is 11.5. The van der Waals surface area contributed by atoms with Crippen LogP contribution in [0.15, 0.2) is 48.5 Å². The average Bonchev–Trinajstić information content (AvgIpc) is 2.45. The molecule has 0 radical (unpaired) electrons. The second-order valence-electron chi connectivity index (χ2n) is 4.24. The van der Waals surface area contributed by atoms with Crippen molar-refractivity contribution in [3.63, 3.8) is 0 Å². The fraction of sp³-hybridized carbons (Fsp3) is 0.133. The summed E-state index contributed by atoms with van der Waals surface area (Å²) in [6.45, 7) is 0.552. The van der Waals surface area contributed by atoms with Crippen LogP contribution in [0.1, 0.15) is 5.56 Å². The van der Waals surface area contributed by atoms with Gasteiger partial charge in [-0.05, 0) is 23.8 Å². The van der Waals surface area contributed by atoms with E-state index in [1.807, 2.05) is 30.3 Å². The first-order chi connectivity index (χ1) is 9.65. The van der Waals surface area contributed by atoms with Crippen LogP contribution in [0.4, 0.5) is 10.1 Å². The summed E-state index contributed by atoms with van der Waals surface area (Å²) in [5, 5.41) is 5.90. The predicted octanol–water partition coefficient (Wildman–Crippen LogP) is 3.21. The SMILES string of the molecule is O=C(CNc1ccc(F)cc1Cl)NCc1ccccc1. The van der Waals surface area contributed by atoms with Crippen LogP contribution in [-0.4, -0.2) is 12.5 Å². The minimum absolute atomic E-state index is 0.0815. The van der Waals surface area contributed by atoms with E-state index in [9.17, 15) is 9.18 Å². The summed E-state index contributed by atoms with van der Waals surface area (Å²) in [7, 11) is 0. The molecule has 2 N–H and O–H groups in total. The van der Waals surface area contributed by atoms with E-state index in [2.05, 4.69) is 10.6 Å². The van der Waals surface area contributed by atoms with Crippen molar-refractivity contribution in [1.29, 1.82) is 0 Å². The molecule has 0 aliphatic heterocycles. The highest BCUT2D eigenvalue weighted by Crippen LogP contribution is 2.21. The Labute approximate surface area is 121 Å². The van der Waals surface area contributed by atoms with E-state index < -0.39 is 5.82 Å². The Morgan fingerprint density at radius 3 is 2.60 bits per heavy atom. The maximum atomic E-state index is 12.9. The lowest BCUT2D eigenvalue weighted by molar-refractivity contribution is -0.119. The molecule has 0 heterocycles. The highest BCUT2D eigenvalue weighted by molar-refractivity contribution is 6.33. The molecule has 0 bridgehead atoms. The molecule has 0 aliphatic rings. The summed E-state index contributed by atoms with van der Waals surface area (Å²) in [6, 6.07) is 13.6. The van der Waals surface area contributed by atoms with Crippen molar-refractivity contribution < 1.29 is 9.18 Å². The van der Waals surface area contributed by atoms with Crippen molar-refractivity contribution >= 4 is 23.2 Å². The van der Waals surface area contributed by atoms with Crippen LogP contribution < -0.4 is 10.6 Å². The average molecular weight is 293 g/mol. The zero-order valence-electron chi connectivity index (χ0n) is 10.7. The van der Waals surface area contributed by atoms with Crippen molar-refractivity contribution in [3.05, 3.63) is 64.9 Å². The number of nitrogens with one attached hydrogen (secondary N) is 2. The third-order valence-electron chi connectivity index (χ3n) is 2.70. The van der Waals surface area contributed by atoms with Crippen LogP contribution in [0.25, 0.3) is 0 Å². The fourth-order valence-corrected chi connectivity index (χ4v) is 1.90. The molecule has 0 fully saturated rings. The van der Waals surface area contributed by atoms with E-state index in [-0.39, 0.29) is 17.5 Å². The van der Waals surface area contributed by atoms with Gasteiger partial charge < -0.3 is 10.6 Å². The lowest BCUT2D eigenvalue weighted by Gasteiger charge is -2.09. The van der Waals surface area contributed by atoms with Crippen LogP contribution in [0.2, 0.25) is 5.02 Å². The van der Waals surface area contributed by atoms with Gasteiger partial charge in [0.05, 0.1) is 17.3 Å². The van der Waals surface area contributed by atoms with Crippen molar-refractivity contribution in [2.45, 2.75) is 6.54 Å². The fourth-order valence-electron chi connectivity index (χ4n) is 1.67. The number of hydrogen-bond acceptors (Lipinski definition) is 2. The molecule has 1 amide bonds. The number of benzene rings is 2. The first kappa shape index (κ1) is 14.3. The van der Waals surface area contributed by atoms with E-state index >= 15 is 0 Å². The summed E-state index contributed by atoms with van der Waals surface area (Å²) in [6.07, 6.45) is 0. The Morgan fingerprint density at radius 2 is 1.90 bits per heavy atom. The Balaban J connectivity index is 1.80. The van der Waals surface area contributed by atoms with Crippen LogP contribution in [0.5, 0.6) is 0 Å². The minimum atomic E-state index is -0.408. The molecule has 0 aliphatic carbocycles. The van der Waals surface area contributed by atoms with Gasteiger partial charge in [0.1, 0.15) is 5.82 Å². The largest absolute Gasteiger partial charge is 0.375 e. The van der Waals surface area contributed by atoms with Gasteiger partial charge in [0, 0.05) is 6.54 Å². The second-order valence-corrected chi connectivity index (χ2v) is 4.65. The van der Waals surface area contributed by atoms with Crippen molar-refractivity contribution in [3.8, 4) is 0 Å². The van der Waals surface area contributed by atoms with Crippen LogP contribution >= 0.6 is 11.6 Å². The summed E-state index contributed by atoms with van der Waals surface area (Å²) in [4.78, 5) is 11.7. The monoisotopic (exact) mass is 292 g/mol. The topological polar surface area (TPSA) is 41.1 Å². The number of anilines is 1. The van der Waals surface area contributed by atoms with Crippen LogP contribution in [-0.2, 0) is 11.3 Å². The number of rotatable bonds is 5. The van der Waals surface area contributed by atoms with Crippen LogP contribution in [0.3, 0.4) is 0 Å². The molecule has 20 heavy (non-hydrogen) atoms. The number of carbonyl (C=O) groups is 1. The smallest absolute Gasteiger partial charge is 0.239 e. The van der Waals surface area contributed by atoms with Gasteiger partial charge in [-0.2, -0.15) is 0 Å². The Bertz CT molecular complexity index is 590. The van der Waals surface area contributed by atoms with Gasteiger partial charge in [-0.1, -0.05) is 41.9 Å². The number of carbonyl (C=O) groups excluding carboxylic acids is 1. The van der Waals surface area contributed by atoms with E-state index in [1.54, 1.807) is 0 Å². The Hall–Kier alpha value is -2.07. The number of amides is 1. The van der Waals surface area contributed by atoms with Gasteiger partial charge in [0.25, 0.3) is 0 Å². The normalized spacial score (nSPS) is 10.1. The van der Waals surface area contributed by atoms with E-state index in [4.69, 9.17) is 11.6 Å². The molecular formula is C15H14ClFN2O. The van der Waals surface area contributed by atoms with E-state index in [0.29, 0.717) is 12.2 Å². The standard InChI is InChI=1S/C15H14ClFN2O/c16-13-8-12(17)6-7-14(13)18-10-15(20)19-9-11-4-2-1-3-5-11/h1-8,18H,9-10H2,(H,19,20). The highest BCUT2D eigenvalue weighted by Gasteiger charge is 2.04. The predicted molar refractivity (Wildman–Crippen MR) is 78.2 cm³/mol. The van der Waals surface area contributed by atoms with Gasteiger partial charge in [0.2, 0.25) is 5.91 Å². The van der Waals surface area contributed by atoms with Gasteiger partial charge in [-0.15, -0.1) is 0 Å². The molecule has 2 rings (SSSR count). The number of halogens is 2. The molecule has 0 saturated heterocycles. The third-order valence-corrected chi connectivity index (χ3v) is 3.02. The lowest BCUT2D eigenvalue weighted by Crippen LogP contribution is -2.29. The van der Waals surface area contributed by atoms with Crippen LogP contribution in [0, 0.1) is 5.82 Å². The molecule has 0 saturated carbocycles. The maximum absolute atomic E-state index is 12.9. The second kappa shape index (κ2) is 6.91. The van der Waals surface area contributed by atoms with Gasteiger partial charge in [-0.3, -0.25) is 4.79 Å². The molecule has 0 spiro atoms. The number of hydrogen-bond donors (Lipinski definition) is 2. The Morgan fingerprint density at radius 1 is 1.15 bits per heavy atom. The summed E-state index contributed by atoms with van der Waals surface area (Å²) >= 11 is 5.85. The van der Waals surface area contributed by atoms with Gasteiger partial charge in [-0.25, -0.2) is 4.39 Å². The molecular weight excluding hydrogens is 279 g/mol. The molecule has 0 atom stereocenters. The quantitative estimate of drug-likeness (QED) is 0.888.